The van der Waals surface area contributed by atoms with Crippen molar-refractivity contribution in [3.8, 4) is 0 Å². The molecule has 2 nitrogen and oxygen atoms in total. The van der Waals surface area contributed by atoms with Gasteiger partial charge in [-0.05, 0) is 39.7 Å². The van der Waals surface area contributed by atoms with Gasteiger partial charge in [0, 0.05) is 0 Å². The van der Waals surface area contributed by atoms with Gasteiger partial charge in [-0.25, -0.2) is 0 Å². The second kappa shape index (κ2) is 5.20. The highest BCUT2D eigenvalue weighted by molar-refractivity contribution is 5.01. The summed E-state index contributed by atoms with van der Waals surface area (Å²) in [5.74, 6) is 0. The minimum Gasteiger partial charge on any atom is -0.499 e. The topological polar surface area (TPSA) is 18.5 Å². The minimum atomic E-state index is -0.150. The largest absolute Gasteiger partial charge is 0.499 e. The maximum absolute atomic E-state index is 5.73. The summed E-state index contributed by atoms with van der Waals surface area (Å²) in [5.41, 5.74) is 1.21. The van der Waals surface area contributed by atoms with Crippen molar-refractivity contribution in [3.05, 3.63) is 24.0 Å². The fourth-order valence-corrected chi connectivity index (χ4v) is 1.43. The van der Waals surface area contributed by atoms with E-state index in [4.69, 9.17) is 9.47 Å². The third-order valence-electron chi connectivity index (χ3n) is 2.34. The van der Waals surface area contributed by atoms with Crippen molar-refractivity contribution in [2.24, 2.45) is 0 Å². The zero-order valence-electron chi connectivity index (χ0n) is 9.38. The second-order valence-electron chi connectivity index (χ2n) is 4.15. The lowest BCUT2D eigenvalue weighted by molar-refractivity contribution is -0.00650. The molecule has 0 amide bonds. The van der Waals surface area contributed by atoms with E-state index in [1.165, 1.54) is 5.57 Å². The van der Waals surface area contributed by atoms with Crippen molar-refractivity contribution in [2.45, 2.75) is 39.2 Å². The Morgan fingerprint density at radius 3 is 2.93 bits per heavy atom. The quantitative estimate of drug-likeness (QED) is 0.646. The van der Waals surface area contributed by atoms with Crippen LogP contribution in [0.4, 0.5) is 0 Å². The molecule has 1 unspecified atom stereocenters. The molecule has 0 aliphatic carbocycles. The summed E-state index contributed by atoms with van der Waals surface area (Å²) < 4.78 is 10.9. The number of allylic oxidation sites excluding steroid dienone is 2. The molecule has 0 saturated carbocycles. The van der Waals surface area contributed by atoms with Gasteiger partial charge in [0.1, 0.15) is 6.61 Å². The number of hydrogen-bond acceptors (Lipinski definition) is 2. The molecule has 0 radical (unpaired) electrons. The van der Waals surface area contributed by atoms with Crippen LogP contribution in [-0.2, 0) is 9.47 Å². The van der Waals surface area contributed by atoms with Gasteiger partial charge in [0.15, 0.2) is 0 Å². The normalized spacial score (nSPS) is 26.5. The standard InChI is InChI=1S/C12H20O2/c1-11(2)5-4-6-12(3)7-8-13-9-10-14-12/h5,7-8H,4,6,9-10H2,1-3H3. The Morgan fingerprint density at radius 2 is 2.21 bits per heavy atom. The average molecular weight is 196 g/mol. The lowest BCUT2D eigenvalue weighted by atomic mass is 9.99. The van der Waals surface area contributed by atoms with Gasteiger partial charge in [0.25, 0.3) is 0 Å². The van der Waals surface area contributed by atoms with Crippen LogP contribution in [0.3, 0.4) is 0 Å². The first-order valence-corrected chi connectivity index (χ1v) is 5.19. The van der Waals surface area contributed by atoms with Crippen molar-refractivity contribution in [3.63, 3.8) is 0 Å². The molecule has 0 aromatic rings. The van der Waals surface area contributed by atoms with E-state index >= 15 is 0 Å². The summed E-state index contributed by atoms with van der Waals surface area (Å²) in [7, 11) is 0. The fourth-order valence-electron chi connectivity index (χ4n) is 1.43. The SMILES string of the molecule is CC(C)=CCCC1(C)C=COCCO1. The van der Waals surface area contributed by atoms with Gasteiger partial charge in [0.05, 0.1) is 18.5 Å². The monoisotopic (exact) mass is 196 g/mol. The van der Waals surface area contributed by atoms with Crippen LogP contribution in [0.2, 0.25) is 0 Å². The summed E-state index contributed by atoms with van der Waals surface area (Å²) in [6.45, 7) is 7.69. The van der Waals surface area contributed by atoms with Crippen molar-refractivity contribution in [2.75, 3.05) is 13.2 Å². The maximum atomic E-state index is 5.73. The van der Waals surface area contributed by atoms with E-state index in [2.05, 4.69) is 26.8 Å². The molecule has 1 aliphatic heterocycles. The molecule has 1 rings (SSSR count). The number of hydrogen-bond donors (Lipinski definition) is 0. The van der Waals surface area contributed by atoms with Gasteiger partial charge in [-0.2, -0.15) is 0 Å². The molecule has 0 saturated heterocycles. The molecule has 0 spiro atoms. The summed E-state index contributed by atoms with van der Waals surface area (Å²) >= 11 is 0. The third kappa shape index (κ3) is 3.97. The van der Waals surface area contributed by atoms with Crippen LogP contribution in [0.5, 0.6) is 0 Å². The third-order valence-corrected chi connectivity index (χ3v) is 2.34. The van der Waals surface area contributed by atoms with Crippen LogP contribution in [0.1, 0.15) is 33.6 Å². The van der Waals surface area contributed by atoms with Crippen LogP contribution in [-0.4, -0.2) is 18.8 Å². The molecule has 2 heteroatoms. The summed E-state index contributed by atoms with van der Waals surface area (Å²) in [5, 5.41) is 0. The van der Waals surface area contributed by atoms with Crippen LogP contribution >= 0.6 is 0 Å². The fraction of sp³-hybridized carbons (Fsp3) is 0.667. The molecule has 0 N–H and O–H groups in total. The molecule has 1 aliphatic rings. The van der Waals surface area contributed by atoms with E-state index in [0.717, 1.165) is 12.8 Å². The Hall–Kier alpha value is -0.760. The van der Waals surface area contributed by atoms with E-state index in [1.54, 1.807) is 6.26 Å². The van der Waals surface area contributed by atoms with Gasteiger partial charge in [-0.3, -0.25) is 0 Å². The summed E-state index contributed by atoms with van der Waals surface area (Å²) in [6, 6.07) is 0. The van der Waals surface area contributed by atoms with E-state index in [0.29, 0.717) is 13.2 Å². The number of rotatable bonds is 3. The second-order valence-corrected chi connectivity index (χ2v) is 4.15. The summed E-state index contributed by atoms with van der Waals surface area (Å²) in [6.07, 6.45) is 8.09. The highest BCUT2D eigenvalue weighted by atomic mass is 16.5. The smallest absolute Gasteiger partial charge is 0.111 e. The zero-order chi connectivity index (χ0) is 10.4. The van der Waals surface area contributed by atoms with Gasteiger partial charge < -0.3 is 9.47 Å². The average Bonchev–Trinajstić information content (AvgIpc) is 2.30. The lowest BCUT2D eigenvalue weighted by Crippen LogP contribution is -2.26. The predicted octanol–water partition coefficient (Wildman–Crippen LogP) is 3.05. The van der Waals surface area contributed by atoms with Crippen molar-refractivity contribution in [1.82, 2.24) is 0 Å². The van der Waals surface area contributed by atoms with Crippen LogP contribution in [0, 0.1) is 0 Å². The van der Waals surface area contributed by atoms with Gasteiger partial charge >= 0.3 is 0 Å². The molecule has 1 atom stereocenters. The Bertz CT molecular complexity index is 226. The molecular formula is C12H20O2. The molecule has 0 fully saturated rings. The molecule has 0 aromatic carbocycles. The van der Waals surface area contributed by atoms with E-state index in [1.807, 2.05) is 6.08 Å². The highest BCUT2D eigenvalue weighted by Gasteiger charge is 2.22. The lowest BCUT2D eigenvalue weighted by Gasteiger charge is -2.23. The first-order valence-electron chi connectivity index (χ1n) is 5.19. The zero-order valence-corrected chi connectivity index (χ0v) is 9.38. The molecule has 14 heavy (non-hydrogen) atoms. The summed E-state index contributed by atoms with van der Waals surface area (Å²) in [4.78, 5) is 0. The van der Waals surface area contributed by atoms with Crippen LogP contribution < -0.4 is 0 Å². The van der Waals surface area contributed by atoms with Crippen molar-refractivity contribution < 1.29 is 9.47 Å². The van der Waals surface area contributed by atoms with Gasteiger partial charge in [0.2, 0.25) is 0 Å². The Labute approximate surface area is 86.6 Å². The van der Waals surface area contributed by atoms with Gasteiger partial charge in [-0.1, -0.05) is 11.6 Å². The number of ether oxygens (including phenoxy) is 2. The van der Waals surface area contributed by atoms with Crippen LogP contribution in [0.25, 0.3) is 0 Å². The highest BCUT2D eigenvalue weighted by Crippen LogP contribution is 2.21. The van der Waals surface area contributed by atoms with Gasteiger partial charge in [-0.15, -0.1) is 0 Å². The van der Waals surface area contributed by atoms with E-state index < -0.39 is 0 Å². The molecule has 0 bridgehead atoms. The van der Waals surface area contributed by atoms with E-state index in [9.17, 15) is 0 Å². The first kappa shape index (κ1) is 11.3. The molecular weight excluding hydrogens is 176 g/mol. The minimum absolute atomic E-state index is 0.150. The Kier molecular flexibility index (Phi) is 4.21. The molecule has 80 valence electrons. The van der Waals surface area contributed by atoms with Crippen LogP contribution in [0.15, 0.2) is 24.0 Å². The van der Waals surface area contributed by atoms with E-state index in [-0.39, 0.29) is 5.60 Å². The van der Waals surface area contributed by atoms with Crippen molar-refractivity contribution >= 4 is 0 Å². The predicted molar refractivity (Wildman–Crippen MR) is 58.1 cm³/mol. The van der Waals surface area contributed by atoms with Crippen molar-refractivity contribution in [1.29, 1.82) is 0 Å². The maximum Gasteiger partial charge on any atom is 0.111 e. The molecule has 0 aromatic heterocycles. The Balaban J connectivity index is 2.43. The Morgan fingerprint density at radius 1 is 1.43 bits per heavy atom. The first-order chi connectivity index (χ1) is 6.62. The molecule has 1 heterocycles.